The predicted octanol–water partition coefficient (Wildman–Crippen LogP) is 2.59. The van der Waals surface area contributed by atoms with Crippen LogP contribution in [0, 0.1) is 11.3 Å². The molecule has 2 heteroatoms. The number of likely N-dealkylation sites (tertiary alicyclic amines) is 2. The maximum absolute atomic E-state index is 2.73. The van der Waals surface area contributed by atoms with E-state index in [1.165, 1.54) is 51.9 Å². The Kier molecular flexibility index (Phi) is 2.99. The molecular weight excluding hydrogens is 208 g/mol. The summed E-state index contributed by atoms with van der Waals surface area (Å²) in [5.41, 5.74) is 0.759. The van der Waals surface area contributed by atoms with Crippen LogP contribution >= 0.6 is 0 Å². The van der Waals surface area contributed by atoms with Gasteiger partial charge in [-0.2, -0.15) is 0 Å². The lowest BCUT2D eigenvalue weighted by Gasteiger charge is -2.58. The van der Waals surface area contributed by atoms with Gasteiger partial charge in [-0.15, -0.1) is 0 Å². The van der Waals surface area contributed by atoms with Crippen LogP contribution in [-0.4, -0.2) is 48.1 Å². The molecule has 3 aliphatic rings. The summed E-state index contributed by atoms with van der Waals surface area (Å²) in [5.74, 6) is 0.967. The molecule has 0 aromatic carbocycles. The highest BCUT2D eigenvalue weighted by Crippen LogP contribution is 2.52. The van der Waals surface area contributed by atoms with Gasteiger partial charge in [0.05, 0.1) is 0 Å². The normalized spacial score (nSPS) is 31.8. The largest absolute Gasteiger partial charge is 0.301 e. The van der Waals surface area contributed by atoms with Crippen LogP contribution in [0.4, 0.5) is 0 Å². The molecule has 3 fully saturated rings. The van der Waals surface area contributed by atoms with E-state index in [2.05, 4.69) is 30.6 Å². The zero-order valence-electron chi connectivity index (χ0n) is 11.8. The van der Waals surface area contributed by atoms with Crippen LogP contribution in [0.1, 0.15) is 46.5 Å². The average Bonchev–Trinajstić information content (AvgIpc) is 2.22. The van der Waals surface area contributed by atoms with E-state index in [9.17, 15) is 0 Å². The summed E-state index contributed by atoms with van der Waals surface area (Å²) in [4.78, 5) is 5.38. The van der Waals surface area contributed by atoms with Gasteiger partial charge in [0.15, 0.2) is 0 Å². The van der Waals surface area contributed by atoms with Gasteiger partial charge in [0.2, 0.25) is 0 Å². The molecule has 0 atom stereocenters. The summed E-state index contributed by atoms with van der Waals surface area (Å²) in [6.45, 7) is 12.5. The van der Waals surface area contributed by atoms with Gasteiger partial charge in [0, 0.05) is 25.2 Å². The topological polar surface area (TPSA) is 6.48 Å². The van der Waals surface area contributed by atoms with E-state index in [0.29, 0.717) is 0 Å². The van der Waals surface area contributed by atoms with Crippen molar-refractivity contribution in [3.8, 4) is 0 Å². The predicted molar refractivity (Wildman–Crippen MR) is 72.1 cm³/mol. The smallest absolute Gasteiger partial charge is 0.0106 e. The van der Waals surface area contributed by atoms with Crippen LogP contribution in [0.3, 0.4) is 0 Å². The first kappa shape index (κ1) is 12.0. The monoisotopic (exact) mass is 236 g/mol. The molecule has 0 unspecified atom stereocenters. The van der Waals surface area contributed by atoms with E-state index >= 15 is 0 Å². The van der Waals surface area contributed by atoms with Crippen molar-refractivity contribution in [1.82, 2.24) is 9.80 Å². The maximum Gasteiger partial charge on any atom is 0.0106 e. The van der Waals surface area contributed by atoms with Gasteiger partial charge in [-0.1, -0.05) is 6.92 Å². The number of rotatable bonds is 2. The van der Waals surface area contributed by atoms with Crippen LogP contribution in [0.25, 0.3) is 0 Å². The quantitative estimate of drug-likeness (QED) is 0.727. The van der Waals surface area contributed by atoms with Gasteiger partial charge in [-0.05, 0) is 64.0 Å². The van der Waals surface area contributed by atoms with E-state index in [-0.39, 0.29) is 0 Å². The van der Waals surface area contributed by atoms with E-state index in [1.807, 2.05) is 0 Å². The van der Waals surface area contributed by atoms with Crippen molar-refractivity contribution >= 4 is 0 Å². The minimum Gasteiger partial charge on any atom is -0.301 e. The first-order valence-corrected chi connectivity index (χ1v) is 7.56. The first-order valence-electron chi connectivity index (χ1n) is 7.56. The van der Waals surface area contributed by atoms with Crippen LogP contribution in [-0.2, 0) is 0 Å². The van der Waals surface area contributed by atoms with Crippen LogP contribution < -0.4 is 0 Å². The Morgan fingerprint density at radius 3 is 2.12 bits per heavy atom. The fourth-order valence-electron chi connectivity index (χ4n) is 4.17. The van der Waals surface area contributed by atoms with Gasteiger partial charge in [-0.3, -0.25) is 4.90 Å². The van der Waals surface area contributed by atoms with E-state index in [0.717, 1.165) is 23.4 Å². The van der Waals surface area contributed by atoms with Crippen LogP contribution in [0.5, 0.6) is 0 Å². The summed E-state index contributed by atoms with van der Waals surface area (Å²) >= 11 is 0. The Labute approximate surface area is 106 Å². The molecule has 0 aromatic heterocycles. The Hall–Kier alpha value is -0.0800. The average molecular weight is 236 g/mol. The molecule has 2 nitrogen and oxygen atoms in total. The summed E-state index contributed by atoms with van der Waals surface area (Å²) in [6.07, 6.45) is 5.94. The molecule has 17 heavy (non-hydrogen) atoms. The third-order valence-electron chi connectivity index (χ3n) is 5.54. The second kappa shape index (κ2) is 4.24. The lowest BCUT2D eigenvalue weighted by molar-refractivity contribution is -0.0795. The molecule has 1 saturated carbocycles. The molecule has 2 saturated heterocycles. The molecule has 3 rings (SSSR count). The summed E-state index contributed by atoms with van der Waals surface area (Å²) < 4.78 is 0. The Morgan fingerprint density at radius 1 is 1.06 bits per heavy atom. The van der Waals surface area contributed by atoms with Crippen molar-refractivity contribution in [1.29, 1.82) is 0 Å². The van der Waals surface area contributed by atoms with Gasteiger partial charge >= 0.3 is 0 Å². The molecular formula is C15H28N2. The first-order chi connectivity index (χ1) is 8.08. The summed E-state index contributed by atoms with van der Waals surface area (Å²) in [5, 5.41) is 0. The molecule has 0 aromatic rings. The molecule has 2 aliphatic heterocycles. The van der Waals surface area contributed by atoms with Crippen molar-refractivity contribution in [2.24, 2.45) is 11.3 Å². The van der Waals surface area contributed by atoms with Gasteiger partial charge < -0.3 is 4.90 Å². The third kappa shape index (κ3) is 2.15. The number of hydrogen-bond acceptors (Lipinski definition) is 2. The highest BCUT2D eigenvalue weighted by molar-refractivity contribution is 5.03. The standard InChI is InChI=1S/C15H28N2/c1-12(2)16-6-4-15(5-7-16)8-14(9-15)17-10-13(3)11-17/h12-14H,4-11H2,1-3H3. The third-order valence-corrected chi connectivity index (χ3v) is 5.54. The van der Waals surface area contributed by atoms with Crippen molar-refractivity contribution in [3.63, 3.8) is 0 Å². The van der Waals surface area contributed by atoms with Gasteiger partial charge in [-0.25, -0.2) is 0 Å². The Bertz CT molecular complexity index is 265. The minimum absolute atomic E-state index is 0.749. The van der Waals surface area contributed by atoms with Crippen LogP contribution in [0.2, 0.25) is 0 Å². The molecule has 1 spiro atoms. The zero-order chi connectivity index (χ0) is 12.0. The highest BCUT2D eigenvalue weighted by Gasteiger charge is 2.49. The van der Waals surface area contributed by atoms with Crippen molar-refractivity contribution < 1.29 is 0 Å². The number of hydrogen-bond donors (Lipinski definition) is 0. The lowest BCUT2D eigenvalue weighted by atomic mass is 9.59. The molecule has 2 heterocycles. The van der Waals surface area contributed by atoms with Crippen molar-refractivity contribution in [2.45, 2.75) is 58.5 Å². The van der Waals surface area contributed by atoms with Crippen molar-refractivity contribution in [3.05, 3.63) is 0 Å². The zero-order valence-corrected chi connectivity index (χ0v) is 11.8. The second-order valence-corrected chi connectivity index (χ2v) is 7.25. The van der Waals surface area contributed by atoms with Crippen LogP contribution in [0.15, 0.2) is 0 Å². The molecule has 0 N–H and O–H groups in total. The maximum atomic E-state index is 2.73. The Morgan fingerprint density at radius 2 is 1.65 bits per heavy atom. The summed E-state index contributed by atoms with van der Waals surface area (Å²) in [6, 6.07) is 1.70. The highest BCUT2D eigenvalue weighted by atomic mass is 15.2. The fraction of sp³-hybridized carbons (Fsp3) is 1.00. The van der Waals surface area contributed by atoms with E-state index < -0.39 is 0 Å². The summed E-state index contributed by atoms with van der Waals surface area (Å²) in [7, 11) is 0. The number of piperidine rings is 1. The molecule has 0 amide bonds. The molecule has 0 bridgehead atoms. The minimum atomic E-state index is 0.749. The molecule has 0 radical (unpaired) electrons. The number of nitrogens with zero attached hydrogens (tertiary/aromatic N) is 2. The van der Waals surface area contributed by atoms with Crippen molar-refractivity contribution in [2.75, 3.05) is 26.2 Å². The SMILES string of the molecule is CC1CN(C2CC3(CCN(C(C)C)CC3)C2)C1. The second-order valence-electron chi connectivity index (χ2n) is 7.25. The van der Waals surface area contributed by atoms with Gasteiger partial charge in [0.1, 0.15) is 0 Å². The Balaban J connectivity index is 1.45. The van der Waals surface area contributed by atoms with Gasteiger partial charge in [0.25, 0.3) is 0 Å². The lowest BCUT2D eigenvalue weighted by Crippen LogP contribution is -2.60. The molecule has 98 valence electrons. The fourth-order valence-corrected chi connectivity index (χ4v) is 4.17. The molecule has 1 aliphatic carbocycles. The van der Waals surface area contributed by atoms with E-state index in [4.69, 9.17) is 0 Å². The van der Waals surface area contributed by atoms with E-state index in [1.54, 1.807) is 0 Å².